The van der Waals surface area contributed by atoms with Gasteiger partial charge < -0.3 is 15.5 Å². The first-order chi connectivity index (χ1) is 10.9. The molecule has 2 rings (SSSR count). The summed E-state index contributed by atoms with van der Waals surface area (Å²) in [5, 5.41) is 0. The van der Waals surface area contributed by atoms with Crippen molar-refractivity contribution >= 4 is 11.8 Å². The maximum atomic E-state index is 12.5. The lowest BCUT2D eigenvalue weighted by Crippen LogP contribution is -2.54. The lowest BCUT2D eigenvalue weighted by Gasteiger charge is -2.38. The molecular formula is C17H32N4O2. The van der Waals surface area contributed by atoms with Crippen LogP contribution in [0.1, 0.15) is 27.2 Å². The minimum Gasteiger partial charge on any atom is -0.341 e. The van der Waals surface area contributed by atoms with E-state index in [1.54, 1.807) is 0 Å². The Bertz CT molecular complexity index is 411. The topological polar surface area (TPSA) is 69.9 Å². The molecule has 6 heteroatoms. The van der Waals surface area contributed by atoms with Gasteiger partial charge in [-0.3, -0.25) is 14.5 Å². The summed E-state index contributed by atoms with van der Waals surface area (Å²) < 4.78 is 0. The van der Waals surface area contributed by atoms with Crippen LogP contribution in [0.2, 0.25) is 0 Å². The molecule has 3 atom stereocenters. The average molecular weight is 324 g/mol. The zero-order valence-corrected chi connectivity index (χ0v) is 14.8. The molecule has 0 bridgehead atoms. The number of carbonyl (C=O) groups excluding carboxylic acids is 2. The molecule has 0 saturated carbocycles. The van der Waals surface area contributed by atoms with Gasteiger partial charge in [-0.1, -0.05) is 20.8 Å². The molecule has 2 aliphatic heterocycles. The number of likely N-dealkylation sites (tertiary alicyclic amines) is 1. The standard InChI is InChI=1S/C17H32N4O2/c1-13-8-14(2)11-21(10-13)16(22)12-19-4-6-20(7-5-19)17(23)15(3)9-18/h13-15H,4-12,18H2,1-3H3. The summed E-state index contributed by atoms with van der Waals surface area (Å²) >= 11 is 0. The minimum absolute atomic E-state index is 0.112. The minimum atomic E-state index is -0.112. The van der Waals surface area contributed by atoms with Gasteiger partial charge in [0.15, 0.2) is 0 Å². The number of amides is 2. The van der Waals surface area contributed by atoms with E-state index in [1.165, 1.54) is 6.42 Å². The van der Waals surface area contributed by atoms with Crippen molar-refractivity contribution in [1.29, 1.82) is 0 Å². The maximum Gasteiger partial charge on any atom is 0.236 e. The van der Waals surface area contributed by atoms with Crippen molar-refractivity contribution in [3.63, 3.8) is 0 Å². The molecule has 0 aliphatic carbocycles. The fraction of sp³-hybridized carbons (Fsp3) is 0.882. The van der Waals surface area contributed by atoms with E-state index >= 15 is 0 Å². The zero-order valence-electron chi connectivity index (χ0n) is 14.8. The Morgan fingerprint density at radius 3 is 2.13 bits per heavy atom. The number of hydrogen-bond donors (Lipinski definition) is 1. The van der Waals surface area contributed by atoms with Gasteiger partial charge >= 0.3 is 0 Å². The highest BCUT2D eigenvalue weighted by atomic mass is 16.2. The maximum absolute atomic E-state index is 12.5. The number of hydrogen-bond acceptors (Lipinski definition) is 4. The van der Waals surface area contributed by atoms with Gasteiger partial charge in [-0.25, -0.2) is 0 Å². The van der Waals surface area contributed by atoms with Crippen LogP contribution in [0, 0.1) is 17.8 Å². The van der Waals surface area contributed by atoms with Crippen molar-refractivity contribution in [2.24, 2.45) is 23.5 Å². The summed E-state index contributed by atoms with van der Waals surface area (Å²) in [5.41, 5.74) is 5.57. The van der Waals surface area contributed by atoms with Gasteiger partial charge in [0.25, 0.3) is 0 Å². The Labute approximate surface area is 140 Å². The van der Waals surface area contributed by atoms with E-state index in [0.29, 0.717) is 38.0 Å². The van der Waals surface area contributed by atoms with E-state index in [0.717, 1.165) is 26.2 Å². The van der Waals surface area contributed by atoms with Gasteiger partial charge in [-0.2, -0.15) is 0 Å². The Hall–Kier alpha value is -1.14. The summed E-state index contributed by atoms with van der Waals surface area (Å²) in [6, 6.07) is 0. The molecule has 2 saturated heterocycles. The van der Waals surface area contributed by atoms with Crippen LogP contribution in [0.25, 0.3) is 0 Å². The third-order valence-electron chi connectivity index (χ3n) is 5.04. The Morgan fingerprint density at radius 2 is 1.61 bits per heavy atom. The lowest BCUT2D eigenvalue weighted by molar-refractivity contribution is -0.138. The van der Waals surface area contributed by atoms with E-state index in [4.69, 9.17) is 5.73 Å². The van der Waals surface area contributed by atoms with E-state index in [1.807, 2.05) is 16.7 Å². The molecule has 2 N–H and O–H groups in total. The van der Waals surface area contributed by atoms with E-state index in [9.17, 15) is 9.59 Å². The van der Waals surface area contributed by atoms with Gasteiger partial charge in [0.05, 0.1) is 6.54 Å². The highest BCUT2D eigenvalue weighted by Gasteiger charge is 2.29. The van der Waals surface area contributed by atoms with Crippen LogP contribution in [0.3, 0.4) is 0 Å². The van der Waals surface area contributed by atoms with Crippen LogP contribution in [-0.4, -0.2) is 78.9 Å². The highest BCUT2D eigenvalue weighted by Crippen LogP contribution is 2.21. The third kappa shape index (κ3) is 4.91. The number of piperazine rings is 1. The molecule has 6 nitrogen and oxygen atoms in total. The van der Waals surface area contributed by atoms with Gasteiger partial charge in [0.1, 0.15) is 0 Å². The molecule has 2 aliphatic rings. The van der Waals surface area contributed by atoms with Crippen LogP contribution in [0.4, 0.5) is 0 Å². The summed E-state index contributed by atoms with van der Waals surface area (Å²) in [4.78, 5) is 30.7. The van der Waals surface area contributed by atoms with Crippen molar-refractivity contribution in [1.82, 2.24) is 14.7 Å². The van der Waals surface area contributed by atoms with Crippen LogP contribution < -0.4 is 5.73 Å². The van der Waals surface area contributed by atoms with E-state index < -0.39 is 0 Å². The second-order valence-electron chi connectivity index (χ2n) is 7.48. The molecule has 0 aromatic rings. The van der Waals surface area contributed by atoms with Crippen LogP contribution in [-0.2, 0) is 9.59 Å². The first kappa shape index (κ1) is 18.2. The monoisotopic (exact) mass is 324 g/mol. The first-order valence-corrected chi connectivity index (χ1v) is 8.89. The van der Waals surface area contributed by atoms with Crippen LogP contribution in [0.5, 0.6) is 0 Å². The van der Waals surface area contributed by atoms with Crippen LogP contribution in [0.15, 0.2) is 0 Å². The van der Waals surface area contributed by atoms with Crippen molar-refractivity contribution in [2.45, 2.75) is 27.2 Å². The Kier molecular flexibility index (Phi) is 6.41. The van der Waals surface area contributed by atoms with Crippen molar-refractivity contribution in [3.05, 3.63) is 0 Å². The molecular weight excluding hydrogens is 292 g/mol. The van der Waals surface area contributed by atoms with E-state index in [-0.39, 0.29) is 17.7 Å². The van der Waals surface area contributed by atoms with Gasteiger partial charge in [0, 0.05) is 51.7 Å². The van der Waals surface area contributed by atoms with Gasteiger partial charge in [-0.15, -0.1) is 0 Å². The van der Waals surface area contributed by atoms with Crippen LogP contribution >= 0.6 is 0 Å². The smallest absolute Gasteiger partial charge is 0.236 e. The number of nitrogens with two attached hydrogens (primary N) is 1. The van der Waals surface area contributed by atoms with Crippen molar-refractivity contribution < 1.29 is 9.59 Å². The number of carbonyl (C=O) groups is 2. The number of nitrogens with zero attached hydrogens (tertiary/aromatic N) is 3. The molecule has 0 spiro atoms. The Balaban J connectivity index is 1.77. The number of piperidine rings is 1. The third-order valence-corrected chi connectivity index (χ3v) is 5.04. The summed E-state index contributed by atoms with van der Waals surface area (Å²) in [5.74, 6) is 1.44. The molecule has 23 heavy (non-hydrogen) atoms. The second kappa shape index (κ2) is 8.11. The summed E-state index contributed by atoms with van der Waals surface area (Å²) in [6.45, 7) is 11.9. The molecule has 2 amide bonds. The molecule has 2 fully saturated rings. The van der Waals surface area contributed by atoms with Gasteiger partial charge in [-0.05, 0) is 18.3 Å². The molecule has 0 radical (unpaired) electrons. The summed E-state index contributed by atoms with van der Waals surface area (Å²) in [7, 11) is 0. The highest BCUT2D eigenvalue weighted by molar-refractivity contribution is 5.79. The quantitative estimate of drug-likeness (QED) is 0.804. The molecule has 0 aromatic carbocycles. The van der Waals surface area contributed by atoms with E-state index in [2.05, 4.69) is 18.7 Å². The lowest BCUT2D eigenvalue weighted by atomic mass is 9.92. The normalized spacial score (nSPS) is 27.8. The molecule has 132 valence electrons. The Morgan fingerprint density at radius 1 is 1.04 bits per heavy atom. The zero-order chi connectivity index (χ0) is 17.0. The number of rotatable bonds is 4. The second-order valence-corrected chi connectivity index (χ2v) is 7.48. The predicted octanol–water partition coefficient (Wildman–Crippen LogP) is 0.230. The average Bonchev–Trinajstić information content (AvgIpc) is 2.53. The predicted molar refractivity (Wildman–Crippen MR) is 90.8 cm³/mol. The summed E-state index contributed by atoms with van der Waals surface area (Å²) in [6.07, 6.45) is 1.21. The van der Waals surface area contributed by atoms with Crippen molar-refractivity contribution in [2.75, 3.05) is 52.4 Å². The molecule has 3 unspecified atom stereocenters. The first-order valence-electron chi connectivity index (χ1n) is 8.89. The molecule has 2 heterocycles. The largest absolute Gasteiger partial charge is 0.341 e. The van der Waals surface area contributed by atoms with Crippen molar-refractivity contribution in [3.8, 4) is 0 Å². The fourth-order valence-corrected chi connectivity index (χ4v) is 3.70. The fourth-order valence-electron chi connectivity index (χ4n) is 3.70. The van der Waals surface area contributed by atoms with Gasteiger partial charge in [0.2, 0.25) is 11.8 Å². The SMILES string of the molecule is CC1CC(C)CN(C(=O)CN2CCN(C(=O)C(C)CN)CC2)C1. The molecule has 0 aromatic heterocycles.